The number of allylic oxidation sites excluding steroid dienone is 1. The van der Waals surface area contributed by atoms with E-state index >= 15 is 0 Å². The Bertz CT molecular complexity index is 748. The number of ketones is 1. The number of Topliss-reactive ketones (excluding diaryl/α,β-unsaturated/α-hetero) is 1. The summed E-state index contributed by atoms with van der Waals surface area (Å²) < 4.78 is 1.77. The highest BCUT2D eigenvalue weighted by Crippen LogP contribution is 2.25. The van der Waals surface area contributed by atoms with Crippen LogP contribution in [0.25, 0.3) is 5.70 Å². The number of benzene rings is 1. The zero-order chi connectivity index (χ0) is 16.4. The molecule has 0 N–H and O–H groups in total. The van der Waals surface area contributed by atoms with Crippen molar-refractivity contribution in [2.24, 2.45) is 0 Å². The van der Waals surface area contributed by atoms with Crippen molar-refractivity contribution in [2.45, 2.75) is 13.8 Å². The monoisotopic (exact) mass is 337 g/mol. The predicted molar refractivity (Wildman–Crippen MR) is 90.5 cm³/mol. The van der Waals surface area contributed by atoms with Gasteiger partial charge in [0.25, 0.3) is 0 Å². The second-order valence-corrected chi connectivity index (χ2v) is 6.07. The van der Waals surface area contributed by atoms with Gasteiger partial charge in [-0.15, -0.1) is 0 Å². The van der Waals surface area contributed by atoms with E-state index in [4.69, 9.17) is 23.2 Å². The SMILES string of the molecule is Cc1cn(/C(=C/N(C)C)C(=O)c2ccc(Cl)cc2Cl)c(C)n1. The lowest BCUT2D eigenvalue weighted by Crippen LogP contribution is -2.15. The first-order valence-corrected chi connectivity index (χ1v) is 7.46. The molecule has 0 aliphatic carbocycles. The van der Waals surface area contributed by atoms with E-state index in [-0.39, 0.29) is 5.78 Å². The van der Waals surface area contributed by atoms with Gasteiger partial charge in [0, 0.05) is 37.1 Å². The van der Waals surface area contributed by atoms with Gasteiger partial charge in [-0.3, -0.25) is 9.36 Å². The molecule has 0 spiro atoms. The van der Waals surface area contributed by atoms with Crippen molar-refractivity contribution in [1.29, 1.82) is 0 Å². The van der Waals surface area contributed by atoms with Crippen molar-refractivity contribution in [1.82, 2.24) is 14.5 Å². The molecule has 2 aromatic rings. The summed E-state index contributed by atoms with van der Waals surface area (Å²) in [5.74, 6) is 0.555. The number of aromatic nitrogens is 2. The summed E-state index contributed by atoms with van der Waals surface area (Å²) in [5, 5.41) is 0.825. The van der Waals surface area contributed by atoms with Gasteiger partial charge in [-0.2, -0.15) is 0 Å². The van der Waals surface area contributed by atoms with Gasteiger partial charge >= 0.3 is 0 Å². The van der Waals surface area contributed by atoms with Crippen molar-refractivity contribution >= 4 is 34.7 Å². The van der Waals surface area contributed by atoms with Crippen LogP contribution in [0, 0.1) is 13.8 Å². The fourth-order valence-electron chi connectivity index (χ4n) is 2.15. The number of carbonyl (C=O) groups is 1. The summed E-state index contributed by atoms with van der Waals surface area (Å²) in [6.07, 6.45) is 3.58. The number of imidazole rings is 1. The molecule has 2 rings (SSSR count). The lowest BCUT2D eigenvalue weighted by molar-refractivity contribution is 0.105. The highest BCUT2D eigenvalue weighted by molar-refractivity contribution is 6.39. The van der Waals surface area contributed by atoms with Gasteiger partial charge in [-0.05, 0) is 32.0 Å². The molecule has 4 nitrogen and oxygen atoms in total. The number of rotatable bonds is 4. The minimum Gasteiger partial charge on any atom is -0.382 e. The van der Waals surface area contributed by atoms with Crippen LogP contribution in [0.1, 0.15) is 21.9 Å². The molecule has 1 aromatic carbocycles. The minimum absolute atomic E-state index is 0.184. The van der Waals surface area contributed by atoms with Crippen LogP contribution >= 0.6 is 23.2 Å². The van der Waals surface area contributed by atoms with E-state index in [9.17, 15) is 4.79 Å². The Morgan fingerprint density at radius 3 is 2.45 bits per heavy atom. The Morgan fingerprint density at radius 1 is 1.27 bits per heavy atom. The molecule has 116 valence electrons. The Morgan fingerprint density at radius 2 is 1.95 bits per heavy atom. The third kappa shape index (κ3) is 3.51. The van der Waals surface area contributed by atoms with Crippen LogP contribution in [0.5, 0.6) is 0 Å². The van der Waals surface area contributed by atoms with E-state index in [0.29, 0.717) is 21.3 Å². The molecule has 0 saturated carbocycles. The molecule has 0 atom stereocenters. The summed E-state index contributed by atoms with van der Waals surface area (Å²) in [6, 6.07) is 4.85. The Balaban J connectivity index is 2.55. The highest BCUT2D eigenvalue weighted by Gasteiger charge is 2.19. The zero-order valence-electron chi connectivity index (χ0n) is 12.9. The first-order valence-electron chi connectivity index (χ1n) is 6.70. The molecule has 0 saturated heterocycles. The lowest BCUT2D eigenvalue weighted by atomic mass is 10.1. The van der Waals surface area contributed by atoms with Gasteiger partial charge in [0.1, 0.15) is 11.5 Å². The van der Waals surface area contributed by atoms with Crippen LogP contribution in [0.4, 0.5) is 0 Å². The zero-order valence-corrected chi connectivity index (χ0v) is 14.4. The minimum atomic E-state index is -0.184. The number of hydrogen-bond acceptors (Lipinski definition) is 3. The van der Waals surface area contributed by atoms with Gasteiger partial charge in [0.05, 0.1) is 10.7 Å². The molecule has 0 aliphatic heterocycles. The van der Waals surface area contributed by atoms with Gasteiger partial charge in [-0.25, -0.2) is 4.98 Å². The van der Waals surface area contributed by atoms with Gasteiger partial charge in [0.2, 0.25) is 5.78 Å². The normalized spacial score (nSPS) is 11.6. The summed E-state index contributed by atoms with van der Waals surface area (Å²) >= 11 is 12.1. The molecule has 22 heavy (non-hydrogen) atoms. The van der Waals surface area contributed by atoms with Crippen molar-refractivity contribution in [3.63, 3.8) is 0 Å². The lowest BCUT2D eigenvalue weighted by Gasteiger charge is -2.14. The van der Waals surface area contributed by atoms with Crippen LogP contribution in [0.3, 0.4) is 0 Å². The molecule has 6 heteroatoms. The second kappa shape index (κ2) is 6.55. The molecule has 0 aliphatic rings. The maximum atomic E-state index is 12.9. The molecular formula is C16H17Cl2N3O. The van der Waals surface area contributed by atoms with Crippen molar-refractivity contribution in [2.75, 3.05) is 14.1 Å². The third-order valence-electron chi connectivity index (χ3n) is 3.05. The van der Waals surface area contributed by atoms with E-state index in [1.54, 1.807) is 29.0 Å². The molecule has 0 fully saturated rings. The molecule has 1 aromatic heterocycles. The number of hydrogen-bond donors (Lipinski definition) is 0. The molecule has 0 bridgehead atoms. The largest absolute Gasteiger partial charge is 0.382 e. The summed E-state index contributed by atoms with van der Waals surface area (Å²) in [6.45, 7) is 3.74. The summed E-state index contributed by atoms with van der Waals surface area (Å²) in [5.41, 5.74) is 1.73. The van der Waals surface area contributed by atoms with E-state index < -0.39 is 0 Å². The maximum Gasteiger partial charge on any atom is 0.212 e. The van der Waals surface area contributed by atoms with E-state index in [0.717, 1.165) is 11.5 Å². The standard InChI is InChI=1S/C16H17Cl2N3O/c1-10-8-21(11(2)19-10)15(9-20(3)4)16(22)13-6-5-12(17)7-14(13)18/h5-9H,1-4H3/b15-9+. The van der Waals surface area contributed by atoms with Crippen LogP contribution < -0.4 is 0 Å². The van der Waals surface area contributed by atoms with E-state index in [1.807, 2.05) is 39.0 Å². The van der Waals surface area contributed by atoms with Gasteiger partial charge in [0.15, 0.2) is 0 Å². The van der Waals surface area contributed by atoms with E-state index in [1.165, 1.54) is 0 Å². The topological polar surface area (TPSA) is 38.1 Å². The van der Waals surface area contributed by atoms with Crippen LogP contribution in [0.15, 0.2) is 30.6 Å². The Hall–Kier alpha value is -1.78. The Kier molecular flexibility index (Phi) is 4.94. The number of halogens is 2. The average Bonchev–Trinajstić information content (AvgIpc) is 2.74. The van der Waals surface area contributed by atoms with Crippen LogP contribution in [-0.2, 0) is 0 Å². The fourth-order valence-corrected chi connectivity index (χ4v) is 2.64. The smallest absolute Gasteiger partial charge is 0.212 e. The molecular weight excluding hydrogens is 321 g/mol. The predicted octanol–water partition coefficient (Wildman–Crippen LogP) is 4.05. The van der Waals surface area contributed by atoms with Crippen LogP contribution in [0.2, 0.25) is 10.0 Å². The van der Waals surface area contributed by atoms with Crippen molar-refractivity contribution in [3.8, 4) is 0 Å². The maximum absolute atomic E-state index is 12.9. The van der Waals surface area contributed by atoms with E-state index in [2.05, 4.69) is 4.98 Å². The van der Waals surface area contributed by atoms with Gasteiger partial charge < -0.3 is 4.90 Å². The van der Waals surface area contributed by atoms with Crippen LogP contribution in [-0.4, -0.2) is 34.3 Å². The number of aryl methyl sites for hydroxylation is 2. The fraction of sp³-hybridized carbons (Fsp3) is 0.250. The third-order valence-corrected chi connectivity index (χ3v) is 3.60. The first kappa shape index (κ1) is 16.6. The first-order chi connectivity index (χ1) is 10.3. The summed E-state index contributed by atoms with van der Waals surface area (Å²) in [4.78, 5) is 19.1. The van der Waals surface area contributed by atoms with Gasteiger partial charge in [-0.1, -0.05) is 23.2 Å². The summed E-state index contributed by atoms with van der Waals surface area (Å²) in [7, 11) is 3.71. The quantitative estimate of drug-likeness (QED) is 0.624. The molecule has 1 heterocycles. The molecule has 0 amide bonds. The number of nitrogens with zero attached hydrogens (tertiary/aromatic N) is 3. The molecule has 0 unspecified atom stereocenters. The average molecular weight is 338 g/mol. The second-order valence-electron chi connectivity index (χ2n) is 5.23. The van der Waals surface area contributed by atoms with Crippen molar-refractivity contribution < 1.29 is 4.79 Å². The highest BCUT2D eigenvalue weighted by atomic mass is 35.5. The van der Waals surface area contributed by atoms with Crippen molar-refractivity contribution in [3.05, 3.63) is 57.7 Å². The molecule has 0 radical (unpaired) electrons. The number of carbonyl (C=O) groups excluding carboxylic acids is 1. The Labute approximate surface area is 140 Å².